The van der Waals surface area contributed by atoms with Gasteiger partial charge in [-0.1, -0.05) is 6.07 Å². The number of pyridine rings is 1. The summed E-state index contributed by atoms with van der Waals surface area (Å²) in [6.07, 6.45) is 2.40. The highest BCUT2D eigenvalue weighted by Gasteiger charge is 2.27. The lowest BCUT2D eigenvalue weighted by Gasteiger charge is -2.30. The molecule has 0 spiro atoms. The number of H-pyrrole nitrogens is 1. The van der Waals surface area contributed by atoms with Crippen LogP contribution in [0.5, 0.6) is 0 Å². The van der Waals surface area contributed by atoms with E-state index < -0.39 is 0 Å². The Morgan fingerprint density at radius 1 is 1.30 bits per heavy atom. The number of rotatable bonds is 3. The third-order valence-electron chi connectivity index (χ3n) is 4.48. The Bertz CT molecular complexity index is 982. The number of nitrogens with two attached hydrogens (primary N) is 1. The SMILES string of the molecule is CN(C)c1nc(-c2ccccn2)nc2c1CCN(C(=O)c1cc(N)n[nH]1)C2. The summed E-state index contributed by atoms with van der Waals surface area (Å²) in [6, 6.07) is 7.17. The molecule has 4 heterocycles. The smallest absolute Gasteiger partial charge is 0.272 e. The topological polar surface area (TPSA) is 117 Å². The second-order valence-electron chi connectivity index (χ2n) is 6.59. The highest BCUT2D eigenvalue weighted by atomic mass is 16.2. The van der Waals surface area contributed by atoms with Gasteiger partial charge in [-0.2, -0.15) is 5.10 Å². The Morgan fingerprint density at radius 3 is 2.81 bits per heavy atom. The maximum Gasteiger partial charge on any atom is 0.272 e. The van der Waals surface area contributed by atoms with Crippen molar-refractivity contribution >= 4 is 17.5 Å². The highest BCUT2D eigenvalue weighted by molar-refractivity contribution is 5.93. The van der Waals surface area contributed by atoms with Gasteiger partial charge in [0.2, 0.25) is 0 Å². The van der Waals surface area contributed by atoms with Crippen LogP contribution in [-0.2, 0) is 13.0 Å². The molecule has 1 aliphatic rings. The van der Waals surface area contributed by atoms with Crippen molar-refractivity contribution in [3.8, 4) is 11.5 Å². The minimum Gasteiger partial charge on any atom is -0.382 e. The van der Waals surface area contributed by atoms with Crippen LogP contribution < -0.4 is 10.6 Å². The highest BCUT2D eigenvalue weighted by Crippen LogP contribution is 2.28. The van der Waals surface area contributed by atoms with Crippen molar-refractivity contribution in [2.24, 2.45) is 0 Å². The van der Waals surface area contributed by atoms with Crippen molar-refractivity contribution in [3.05, 3.63) is 47.4 Å². The lowest BCUT2D eigenvalue weighted by Crippen LogP contribution is -2.37. The predicted octanol–water partition coefficient (Wildman–Crippen LogP) is 1.11. The summed E-state index contributed by atoms with van der Waals surface area (Å²) in [5.41, 5.74) is 8.59. The van der Waals surface area contributed by atoms with Crippen molar-refractivity contribution in [2.75, 3.05) is 31.3 Å². The van der Waals surface area contributed by atoms with E-state index in [9.17, 15) is 4.79 Å². The molecule has 27 heavy (non-hydrogen) atoms. The van der Waals surface area contributed by atoms with Crippen LogP contribution in [0.2, 0.25) is 0 Å². The van der Waals surface area contributed by atoms with E-state index in [1.807, 2.05) is 37.2 Å². The van der Waals surface area contributed by atoms with Crippen LogP contribution in [-0.4, -0.2) is 56.6 Å². The number of nitrogens with zero attached hydrogens (tertiary/aromatic N) is 6. The van der Waals surface area contributed by atoms with Crippen molar-refractivity contribution in [1.82, 2.24) is 30.0 Å². The average molecular weight is 364 g/mol. The average Bonchev–Trinajstić information content (AvgIpc) is 3.13. The Kier molecular flexibility index (Phi) is 4.19. The monoisotopic (exact) mass is 364 g/mol. The minimum absolute atomic E-state index is 0.144. The van der Waals surface area contributed by atoms with Crippen molar-refractivity contribution < 1.29 is 4.79 Å². The van der Waals surface area contributed by atoms with Gasteiger partial charge in [0.15, 0.2) is 5.82 Å². The summed E-state index contributed by atoms with van der Waals surface area (Å²) in [4.78, 5) is 30.2. The Hall–Kier alpha value is -3.49. The van der Waals surface area contributed by atoms with Crippen LogP contribution in [0.25, 0.3) is 11.5 Å². The number of hydrogen-bond donors (Lipinski definition) is 2. The van der Waals surface area contributed by atoms with E-state index in [0.717, 1.165) is 17.1 Å². The van der Waals surface area contributed by atoms with Gasteiger partial charge in [-0.3, -0.25) is 14.9 Å². The Morgan fingerprint density at radius 2 is 2.15 bits per heavy atom. The molecule has 0 atom stereocenters. The largest absolute Gasteiger partial charge is 0.382 e. The molecule has 0 bridgehead atoms. The van der Waals surface area contributed by atoms with E-state index in [2.05, 4.69) is 15.2 Å². The van der Waals surface area contributed by atoms with E-state index in [1.165, 1.54) is 0 Å². The molecule has 3 aromatic rings. The first kappa shape index (κ1) is 17.0. The number of nitrogen functional groups attached to an aromatic ring is 1. The van der Waals surface area contributed by atoms with Crippen LogP contribution in [0.3, 0.4) is 0 Å². The van der Waals surface area contributed by atoms with E-state index in [4.69, 9.17) is 15.7 Å². The van der Waals surface area contributed by atoms with Crippen LogP contribution >= 0.6 is 0 Å². The van der Waals surface area contributed by atoms with E-state index in [0.29, 0.717) is 42.5 Å². The molecule has 0 saturated carbocycles. The second-order valence-corrected chi connectivity index (χ2v) is 6.59. The molecule has 3 N–H and O–H groups in total. The van der Waals surface area contributed by atoms with Crippen molar-refractivity contribution in [3.63, 3.8) is 0 Å². The van der Waals surface area contributed by atoms with Gasteiger partial charge in [0.25, 0.3) is 5.91 Å². The molecule has 0 aromatic carbocycles. The van der Waals surface area contributed by atoms with Crippen molar-refractivity contribution in [2.45, 2.75) is 13.0 Å². The maximum absolute atomic E-state index is 12.7. The number of carbonyl (C=O) groups is 1. The fourth-order valence-corrected chi connectivity index (χ4v) is 3.18. The summed E-state index contributed by atoms with van der Waals surface area (Å²) in [5, 5.41) is 6.51. The first-order valence-corrected chi connectivity index (χ1v) is 8.61. The summed E-state index contributed by atoms with van der Waals surface area (Å²) in [6.45, 7) is 0.980. The third kappa shape index (κ3) is 3.19. The third-order valence-corrected chi connectivity index (χ3v) is 4.48. The molecule has 0 aliphatic carbocycles. The number of fused-ring (bicyclic) bond motifs is 1. The predicted molar refractivity (Wildman–Crippen MR) is 101 cm³/mol. The molecule has 0 unspecified atom stereocenters. The molecule has 9 nitrogen and oxygen atoms in total. The standard InChI is InChI=1S/C18H20N8O/c1-25(2)17-11-6-8-26(18(27)13-9-15(19)24-23-13)10-14(11)21-16(22-17)12-5-3-4-7-20-12/h3-5,7,9H,6,8,10H2,1-2H3,(H3,19,23,24). The number of amides is 1. The number of carbonyl (C=O) groups excluding carboxylic acids is 1. The first-order chi connectivity index (χ1) is 13.0. The molecule has 1 amide bonds. The maximum atomic E-state index is 12.7. The van der Waals surface area contributed by atoms with E-state index >= 15 is 0 Å². The number of aromatic nitrogens is 5. The van der Waals surface area contributed by atoms with Gasteiger partial charge in [-0.05, 0) is 18.6 Å². The lowest BCUT2D eigenvalue weighted by atomic mass is 10.0. The van der Waals surface area contributed by atoms with Gasteiger partial charge in [0.1, 0.15) is 23.0 Å². The second kappa shape index (κ2) is 6.67. The molecule has 3 aromatic heterocycles. The molecular weight excluding hydrogens is 344 g/mol. The van der Waals surface area contributed by atoms with Crippen LogP contribution in [0.4, 0.5) is 11.6 Å². The normalized spacial score (nSPS) is 13.3. The summed E-state index contributed by atoms with van der Waals surface area (Å²) < 4.78 is 0. The zero-order chi connectivity index (χ0) is 19.0. The molecule has 0 radical (unpaired) electrons. The molecule has 0 saturated heterocycles. The van der Waals surface area contributed by atoms with Gasteiger partial charge in [0, 0.05) is 38.5 Å². The fraction of sp³-hybridized carbons (Fsp3) is 0.278. The fourth-order valence-electron chi connectivity index (χ4n) is 3.18. The zero-order valence-electron chi connectivity index (χ0n) is 15.2. The Balaban J connectivity index is 1.71. The zero-order valence-corrected chi connectivity index (χ0v) is 15.2. The summed E-state index contributed by atoms with van der Waals surface area (Å²) in [5.74, 6) is 1.57. The van der Waals surface area contributed by atoms with Gasteiger partial charge < -0.3 is 15.5 Å². The van der Waals surface area contributed by atoms with Gasteiger partial charge in [-0.15, -0.1) is 0 Å². The first-order valence-electron chi connectivity index (χ1n) is 8.61. The molecule has 0 fully saturated rings. The molecule has 4 rings (SSSR count). The van der Waals surface area contributed by atoms with Crippen molar-refractivity contribution in [1.29, 1.82) is 0 Å². The van der Waals surface area contributed by atoms with Gasteiger partial charge in [0.05, 0.1) is 12.2 Å². The number of aromatic amines is 1. The number of hydrogen-bond acceptors (Lipinski definition) is 7. The van der Waals surface area contributed by atoms with Crippen LogP contribution in [0.1, 0.15) is 21.7 Å². The van der Waals surface area contributed by atoms with E-state index in [1.54, 1.807) is 17.2 Å². The van der Waals surface area contributed by atoms with Gasteiger partial charge in [-0.25, -0.2) is 9.97 Å². The van der Waals surface area contributed by atoms with Crippen LogP contribution in [0.15, 0.2) is 30.5 Å². The summed E-state index contributed by atoms with van der Waals surface area (Å²) in [7, 11) is 3.91. The lowest BCUT2D eigenvalue weighted by molar-refractivity contribution is 0.0726. The van der Waals surface area contributed by atoms with E-state index in [-0.39, 0.29) is 5.91 Å². The molecule has 9 heteroatoms. The number of nitrogens with one attached hydrogen (secondary N) is 1. The Labute approximate surface area is 156 Å². The molecule has 138 valence electrons. The minimum atomic E-state index is -0.144. The number of anilines is 2. The van der Waals surface area contributed by atoms with Gasteiger partial charge >= 0.3 is 0 Å². The summed E-state index contributed by atoms with van der Waals surface area (Å²) >= 11 is 0. The molecule has 1 aliphatic heterocycles. The quantitative estimate of drug-likeness (QED) is 0.715. The van der Waals surface area contributed by atoms with Crippen LogP contribution in [0, 0.1) is 0 Å². The molecular formula is C18H20N8O.